The van der Waals surface area contributed by atoms with Crippen molar-refractivity contribution in [2.45, 2.75) is 24.5 Å². The molecule has 2 fully saturated rings. The fourth-order valence-electron chi connectivity index (χ4n) is 5.77. The number of ether oxygens (including phenoxy) is 1. The number of amides is 1. The first-order valence-electron chi connectivity index (χ1n) is 10.2. The van der Waals surface area contributed by atoms with Crippen LogP contribution in [-0.2, 0) is 25.6 Å². The second-order valence-electron chi connectivity index (χ2n) is 8.93. The van der Waals surface area contributed by atoms with Crippen LogP contribution >= 0.6 is 0 Å². The molecule has 4 N–H and O–H groups in total. The number of fused-ring (bicyclic) bond motifs is 3. The molecule has 0 bridgehead atoms. The summed E-state index contributed by atoms with van der Waals surface area (Å²) in [6.45, 7) is 0. The van der Waals surface area contributed by atoms with Gasteiger partial charge in [0.1, 0.15) is 11.5 Å². The van der Waals surface area contributed by atoms with E-state index >= 15 is 0 Å². The average Bonchev–Trinajstić information content (AvgIpc) is 2.70. The Labute approximate surface area is 183 Å². The lowest BCUT2D eigenvalue weighted by Crippen LogP contribution is -2.74. The van der Waals surface area contributed by atoms with Gasteiger partial charge < -0.3 is 20.7 Å². The van der Waals surface area contributed by atoms with E-state index in [2.05, 4.69) is 0 Å². The zero-order valence-electron chi connectivity index (χ0n) is 17.8. The van der Waals surface area contributed by atoms with Crippen molar-refractivity contribution in [3.8, 4) is 11.5 Å². The number of benzene rings is 1. The number of hydrogen-bond acceptors (Lipinski definition) is 9. The van der Waals surface area contributed by atoms with E-state index in [0.29, 0.717) is 11.3 Å². The van der Waals surface area contributed by atoms with Crippen molar-refractivity contribution in [3.63, 3.8) is 0 Å². The third kappa shape index (κ3) is 2.69. The van der Waals surface area contributed by atoms with Crippen LogP contribution in [0, 0.1) is 23.7 Å². The van der Waals surface area contributed by atoms with Gasteiger partial charge in [-0.3, -0.25) is 28.9 Å². The molecule has 6 atom stereocenters. The van der Waals surface area contributed by atoms with Crippen molar-refractivity contribution < 1.29 is 38.9 Å². The summed E-state index contributed by atoms with van der Waals surface area (Å²) in [5.74, 6) is -10.2. The highest BCUT2D eigenvalue weighted by Gasteiger charge is 2.69. The van der Waals surface area contributed by atoms with Gasteiger partial charge in [-0.2, -0.15) is 0 Å². The van der Waals surface area contributed by atoms with Crippen molar-refractivity contribution in [1.29, 1.82) is 0 Å². The number of phenolic OH excluding ortho intramolecular Hbond substituents is 1. The third-order valence-electron chi connectivity index (χ3n) is 7.12. The number of phenols is 1. The molecule has 1 amide bonds. The Bertz CT molecular complexity index is 1080. The molecule has 1 aromatic carbocycles. The highest BCUT2D eigenvalue weighted by atomic mass is 16.5. The topological polar surface area (TPSA) is 164 Å². The number of aliphatic hydroxyl groups is 1. The number of ketones is 4. The zero-order chi connectivity index (χ0) is 23.7. The lowest BCUT2D eigenvalue weighted by molar-refractivity contribution is -0.181. The van der Waals surface area contributed by atoms with Crippen LogP contribution in [0.2, 0.25) is 0 Å². The van der Waals surface area contributed by atoms with Crippen molar-refractivity contribution in [2.24, 2.45) is 29.4 Å². The molecule has 10 nitrogen and oxygen atoms in total. The van der Waals surface area contributed by atoms with E-state index in [1.165, 1.54) is 38.2 Å². The quantitative estimate of drug-likeness (QED) is 0.490. The highest BCUT2D eigenvalue weighted by molar-refractivity contribution is 6.32. The predicted octanol–water partition coefficient (Wildman–Crippen LogP) is -1.12. The van der Waals surface area contributed by atoms with Gasteiger partial charge in [-0.05, 0) is 45.0 Å². The van der Waals surface area contributed by atoms with E-state index in [0.717, 1.165) is 0 Å². The number of likely N-dealkylation sites (N-methyl/N-ethyl adjacent to an activating group) is 1. The monoisotopic (exact) mass is 444 g/mol. The van der Waals surface area contributed by atoms with Crippen LogP contribution < -0.4 is 10.5 Å². The first-order chi connectivity index (χ1) is 15.0. The molecule has 0 aromatic heterocycles. The summed E-state index contributed by atoms with van der Waals surface area (Å²) in [6.07, 6.45) is 0.173. The summed E-state index contributed by atoms with van der Waals surface area (Å²) < 4.78 is 5.32. The number of carbonyl (C=O) groups is 5. The Balaban J connectivity index is 1.88. The third-order valence-corrected chi connectivity index (χ3v) is 7.12. The molecular formula is C22H24N2O8. The maximum Gasteiger partial charge on any atom is 0.235 e. The Morgan fingerprint density at radius 3 is 2.41 bits per heavy atom. The van der Waals surface area contributed by atoms with Crippen LogP contribution in [-0.4, -0.2) is 77.0 Å². The average molecular weight is 444 g/mol. The van der Waals surface area contributed by atoms with E-state index in [4.69, 9.17) is 10.5 Å². The summed E-state index contributed by atoms with van der Waals surface area (Å²) in [5, 5.41) is 21.7. The summed E-state index contributed by atoms with van der Waals surface area (Å²) in [7, 11) is 4.49. The van der Waals surface area contributed by atoms with Gasteiger partial charge in [0.25, 0.3) is 0 Å². The normalized spacial score (nSPS) is 34.1. The predicted molar refractivity (Wildman–Crippen MR) is 108 cm³/mol. The minimum Gasteiger partial charge on any atom is -0.507 e. The lowest BCUT2D eigenvalue weighted by atomic mass is 9.52. The van der Waals surface area contributed by atoms with Gasteiger partial charge in [-0.15, -0.1) is 0 Å². The number of nitrogens with two attached hydrogens (primary N) is 1. The number of carbonyl (C=O) groups excluding carboxylic acids is 5. The highest BCUT2D eigenvalue weighted by Crippen LogP contribution is 2.51. The second kappa shape index (κ2) is 7.21. The summed E-state index contributed by atoms with van der Waals surface area (Å²) >= 11 is 0. The van der Waals surface area contributed by atoms with Crippen molar-refractivity contribution >= 4 is 29.0 Å². The standard InChI is InChI=1S/C22H24N2O8/c1-24(2)16-10-7-8-6-9-12(32-3)5-4-11(25)14(9)17(26)13(8)19(28)22(10,31)20(29)15(18(16)27)21(23)30/h4-5,8,10,13,15-16,25,31H,6-7H2,1-3H3,(H2,23,30). The maximum absolute atomic E-state index is 13.6. The van der Waals surface area contributed by atoms with Gasteiger partial charge >= 0.3 is 0 Å². The molecule has 2 saturated carbocycles. The maximum atomic E-state index is 13.6. The summed E-state index contributed by atoms with van der Waals surface area (Å²) in [6, 6.07) is 1.66. The second-order valence-corrected chi connectivity index (χ2v) is 8.93. The van der Waals surface area contributed by atoms with E-state index in [-0.39, 0.29) is 24.2 Å². The number of rotatable bonds is 3. The Morgan fingerprint density at radius 1 is 1.19 bits per heavy atom. The fourth-order valence-corrected chi connectivity index (χ4v) is 5.77. The first kappa shape index (κ1) is 22.1. The Morgan fingerprint density at radius 2 is 1.84 bits per heavy atom. The molecule has 0 saturated heterocycles. The SMILES string of the molecule is COc1ccc(O)c2c1CC1CC3C(N(C)C)C(=O)C(C(N)=O)C(=O)C3(O)C(=O)C1C2=O. The molecule has 0 radical (unpaired) electrons. The van der Waals surface area contributed by atoms with E-state index in [1.807, 2.05) is 0 Å². The molecule has 4 rings (SSSR count). The summed E-state index contributed by atoms with van der Waals surface area (Å²) in [4.78, 5) is 66.4. The molecule has 0 spiro atoms. The van der Waals surface area contributed by atoms with E-state index < -0.39 is 64.4 Å². The molecule has 1 aromatic rings. The van der Waals surface area contributed by atoms with Crippen LogP contribution in [0.3, 0.4) is 0 Å². The van der Waals surface area contributed by atoms with Gasteiger partial charge in [0.05, 0.1) is 24.6 Å². The number of methoxy groups -OCH3 is 1. The Hall–Kier alpha value is -3.11. The first-order valence-corrected chi connectivity index (χ1v) is 10.2. The lowest BCUT2D eigenvalue weighted by Gasteiger charge is -2.52. The number of primary amides is 1. The van der Waals surface area contributed by atoms with Crippen molar-refractivity contribution in [3.05, 3.63) is 23.3 Å². The van der Waals surface area contributed by atoms with Crippen molar-refractivity contribution in [1.82, 2.24) is 4.90 Å². The van der Waals surface area contributed by atoms with Crippen LogP contribution in [0.15, 0.2) is 12.1 Å². The minimum absolute atomic E-state index is 0.00268. The van der Waals surface area contributed by atoms with Gasteiger partial charge in [0.15, 0.2) is 34.7 Å². The van der Waals surface area contributed by atoms with Gasteiger partial charge in [0.2, 0.25) is 5.91 Å². The zero-order valence-corrected chi connectivity index (χ0v) is 17.8. The minimum atomic E-state index is -2.72. The number of Topliss-reactive ketones (excluding diaryl/α,β-unsaturated/α-hetero) is 4. The molecule has 0 aliphatic heterocycles. The van der Waals surface area contributed by atoms with Crippen LogP contribution in [0.4, 0.5) is 0 Å². The van der Waals surface area contributed by atoms with Gasteiger partial charge in [-0.25, -0.2) is 0 Å². The van der Waals surface area contributed by atoms with E-state index in [9.17, 15) is 34.2 Å². The van der Waals surface area contributed by atoms with Gasteiger partial charge in [0, 0.05) is 11.5 Å². The van der Waals surface area contributed by atoms with E-state index in [1.54, 1.807) is 0 Å². The fraction of sp³-hybridized carbons (Fsp3) is 0.500. The Kier molecular flexibility index (Phi) is 4.98. The molecule has 170 valence electrons. The largest absolute Gasteiger partial charge is 0.507 e. The van der Waals surface area contributed by atoms with Crippen LogP contribution in [0.5, 0.6) is 11.5 Å². The van der Waals surface area contributed by atoms with Crippen LogP contribution in [0.25, 0.3) is 0 Å². The number of nitrogens with zero attached hydrogens (tertiary/aromatic N) is 1. The molecule has 0 heterocycles. The van der Waals surface area contributed by atoms with Crippen LogP contribution in [0.1, 0.15) is 22.3 Å². The smallest absolute Gasteiger partial charge is 0.235 e. The van der Waals surface area contributed by atoms with Crippen molar-refractivity contribution in [2.75, 3.05) is 21.2 Å². The molecule has 6 unspecified atom stereocenters. The summed E-state index contributed by atoms with van der Waals surface area (Å²) in [5.41, 5.74) is 2.90. The molecular weight excluding hydrogens is 420 g/mol. The molecule has 3 aliphatic carbocycles. The van der Waals surface area contributed by atoms with Gasteiger partial charge in [-0.1, -0.05) is 0 Å². The molecule has 10 heteroatoms. The molecule has 32 heavy (non-hydrogen) atoms. The number of aromatic hydroxyl groups is 1. The number of hydrogen-bond donors (Lipinski definition) is 3. The molecule has 3 aliphatic rings.